The number of ether oxygens (including phenoxy) is 1. The molecule has 21 heavy (non-hydrogen) atoms. The first-order valence-corrected chi connectivity index (χ1v) is 7.48. The molecule has 2 unspecified atom stereocenters. The lowest BCUT2D eigenvalue weighted by atomic mass is 9.76. The molecule has 5 nitrogen and oxygen atoms in total. The van der Waals surface area contributed by atoms with Crippen molar-refractivity contribution in [3.63, 3.8) is 0 Å². The summed E-state index contributed by atoms with van der Waals surface area (Å²) in [5.41, 5.74) is -1.47. The molecule has 1 rings (SSSR count). The molecule has 1 aromatic rings. The summed E-state index contributed by atoms with van der Waals surface area (Å²) in [7, 11) is 0. The van der Waals surface area contributed by atoms with Crippen LogP contribution in [0.3, 0.4) is 0 Å². The number of carboxylic acids is 1. The van der Waals surface area contributed by atoms with Gasteiger partial charge in [-0.1, -0.05) is 28.1 Å². The smallest absolute Gasteiger partial charge is 0.328 e. The van der Waals surface area contributed by atoms with Crippen LogP contribution in [-0.4, -0.2) is 34.9 Å². The number of carboxylic acid groups (broad SMARTS) is 1. The fourth-order valence-electron chi connectivity index (χ4n) is 2.12. The molecule has 0 saturated carbocycles. The Morgan fingerprint density at radius 1 is 1.43 bits per heavy atom. The van der Waals surface area contributed by atoms with Gasteiger partial charge >= 0.3 is 11.9 Å². The van der Waals surface area contributed by atoms with Crippen molar-refractivity contribution in [1.82, 2.24) is 0 Å². The largest absolute Gasteiger partial charge is 0.480 e. The lowest BCUT2D eigenvalue weighted by Crippen LogP contribution is -2.45. The number of esters is 1. The van der Waals surface area contributed by atoms with E-state index in [0.29, 0.717) is 10.0 Å². The Balaban J connectivity index is 3.36. The van der Waals surface area contributed by atoms with Gasteiger partial charge in [0, 0.05) is 4.47 Å². The van der Waals surface area contributed by atoms with Gasteiger partial charge in [0.1, 0.15) is 0 Å². The average molecular weight is 359 g/mol. The van der Waals surface area contributed by atoms with Crippen molar-refractivity contribution in [2.24, 2.45) is 0 Å². The molecule has 0 bridgehead atoms. The number of hydrogen-bond donors (Lipinski definition) is 2. The van der Waals surface area contributed by atoms with Crippen LogP contribution < -0.4 is 0 Å². The molecule has 2 N–H and O–H groups in total. The minimum Gasteiger partial charge on any atom is -0.480 e. The standard InChI is InChI=1S/C15H19BrO5/c1-3-21-14(20)15(13(18)19,8-7-10(2)17)11-5-4-6-12(16)9-11/h4-6,9-10,17H,3,7-8H2,1-2H3,(H,18,19). The van der Waals surface area contributed by atoms with Crippen LogP contribution >= 0.6 is 15.9 Å². The summed E-state index contributed by atoms with van der Waals surface area (Å²) < 4.78 is 5.65. The molecule has 116 valence electrons. The van der Waals surface area contributed by atoms with E-state index in [4.69, 9.17) is 4.74 Å². The number of hydrogen-bond acceptors (Lipinski definition) is 4. The first-order chi connectivity index (χ1) is 9.84. The van der Waals surface area contributed by atoms with Crippen molar-refractivity contribution < 1.29 is 24.5 Å². The third kappa shape index (κ3) is 4.04. The number of aliphatic hydroxyl groups is 1. The lowest BCUT2D eigenvalue weighted by molar-refractivity contribution is -0.162. The molecule has 0 fully saturated rings. The fourth-order valence-corrected chi connectivity index (χ4v) is 2.51. The predicted molar refractivity (Wildman–Crippen MR) is 81.0 cm³/mol. The van der Waals surface area contributed by atoms with Crippen LogP contribution in [0.25, 0.3) is 0 Å². The molecule has 0 amide bonds. The second kappa shape index (κ2) is 7.56. The van der Waals surface area contributed by atoms with Crippen molar-refractivity contribution >= 4 is 27.9 Å². The maximum absolute atomic E-state index is 12.3. The van der Waals surface area contributed by atoms with Crippen LogP contribution in [-0.2, 0) is 19.7 Å². The third-order valence-electron chi connectivity index (χ3n) is 3.24. The van der Waals surface area contributed by atoms with Gasteiger partial charge in [-0.15, -0.1) is 0 Å². The minimum atomic E-state index is -1.81. The zero-order valence-electron chi connectivity index (χ0n) is 12.0. The van der Waals surface area contributed by atoms with Gasteiger partial charge in [0.2, 0.25) is 0 Å². The highest BCUT2D eigenvalue weighted by Crippen LogP contribution is 2.34. The van der Waals surface area contributed by atoms with Crippen LogP contribution in [0.15, 0.2) is 28.7 Å². The number of aliphatic hydroxyl groups excluding tert-OH is 1. The van der Waals surface area contributed by atoms with Gasteiger partial charge in [0.05, 0.1) is 12.7 Å². The highest BCUT2D eigenvalue weighted by atomic mass is 79.9. The van der Waals surface area contributed by atoms with E-state index in [1.165, 1.54) is 0 Å². The van der Waals surface area contributed by atoms with Gasteiger partial charge in [-0.05, 0) is 44.4 Å². The van der Waals surface area contributed by atoms with Crippen LogP contribution in [0.5, 0.6) is 0 Å². The van der Waals surface area contributed by atoms with Gasteiger partial charge in [-0.3, -0.25) is 9.59 Å². The number of halogens is 1. The highest BCUT2D eigenvalue weighted by molar-refractivity contribution is 9.10. The molecule has 0 aliphatic heterocycles. The highest BCUT2D eigenvalue weighted by Gasteiger charge is 2.49. The second-order valence-corrected chi connectivity index (χ2v) is 5.74. The molecule has 2 atom stereocenters. The Morgan fingerprint density at radius 2 is 2.10 bits per heavy atom. The van der Waals surface area contributed by atoms with Crippen LogP contribution in [0.4, 0.5) is 0 Å². The molecular formula is C15H19BrO5. The Labute approximate surface area is 132 Å². The van der Waals surface area contributed by atoms with Gasteiger partial charge < -0.3 is 14.9 Å². The first-order valence-electron chi connectivity index (χ1n) is 6.69. The monoisotopic (exact) mass is 358 g/mol. The van der Waals surface area contributed by atoms with Crippen molar-refractivity contribution in [3.8, 4) is 0 Å². The number of benzene rings is 1. The molecule has 0 aromatic heterocycles. The number of carbonyl (C=O) groups excluding carboxylic acids is 1. The minimum absolute atomic E-state index is 0.0325. The van der Waals surface area contributed by atoms with E-state index in [1.807, 2.05) is 0 Å². The van der Waals surface area contributed by atoms with Crippen molar-refractivity contribution in [3.05, 3.63) is 34.3 Å². The quantitative estimate of drug-likeness (QED) is 0.577. The third-order valence-corrected chi connectivity index (χ3v) is 3.74. The predicted octanol–water partition coefficient (Wildman–Crippen LogP) is 2.50. The van der Waals surface area contributed by atoms with Gasteiger partial charge in [0.15, 0.2) is 5.41 Å². The van der Waals surface area contributed by atoms with Crippen molar-refractivity contribution in [2.75, 3.05) is 6.61 Å². The van der Waals surface area contributed by atoms with Crippen LogP contribution in [0, 0.1) is 0 Å². The van der Waals surface area contributed by atoms with Crippen molar-refractivity contribution in [1.29, 1.82) is 0 Å². The zero-order chi connectivity index (χ0) is 16.0. The maximum atomic E-state index is 12.3. The lowest BCUT2D eigenvalue weighted by Gasteiger charge is -2.28. The summed E-state index contributed by atoms with van der Waals surface area (Å²) >= 11 is 3.28. The van der Waals surface area contributed by atoms with Gasteiger partial charge in [-0.25, -0.2) is 0 Å². The normalized spacial score (nSPS) is 15.0. The van der Waals surface area contributed by atoms with E-state index in [-0.39, 0.29) is 19.4 Å². The Kier molecular flexibility index (Phi) is 6.36. The van der Waals surface area contributed by atoms with E-state index >= 15 is 0 Å². The number of carbonyl (C=O) groups is 2. The van der Waals surface area contributed by atoms with Crippen LogP contribution in [0.2, 0.25) is 0 Å². The van der Waals surface area contributed by atoms with E-state index < -0.39 is 23.5 Å². The van der Waals surface area contributed by atoms with E-state index in [9.17, 15) is 19.8 Å². The summed E-state index contributed by atoms with van der Waals surface area (Å²) in [6.07, 6.45) is -0.558. The van der Waals surface area contributed by atoms with Crippen molar-refractivity contribution in [2.45, 2.75) is 38.2 Å². The number of aliphatic carboxylic acids is 1. The number of rotatable bonds is 7. The Bertz CT molecular complexity index is 515. The molecule has 1 aromatic carbocycles. The molecule has 0 heterocycles. The Morgan fingerprint density at radius 3 is 2.57 bits per heavy atom. The molecule has 0 spiro atoms. The van der Waals surface area contributed by atoms with E-state index in [2.05, 4.69) is 15.9 Å². The summed E-state index contributed by atoms with van der Waals surface area (Å²) in [6, 6.07) is 6.58. The fraction of sp³-hybridized carbons (Fsp3) is 0.467. The topological polar surface area (TPSA) is 83.8 Å². The first kappa shape index (κ1) is 17.7. The van der Waals surface area contributed by atoms with E-state index in [0.717, 1.165) is 0 Å². The average Bonchev–Trinajstić information content (AvgIpc) is 2.39. The molecule has 0 aliphatic rings. The molecule has 0 radical (unpaired) electrons. The summed E-state index contributed by atoms with van der Waals surface area (Å²) in [6.45, 7) is 3.27. The Hall–Kier alpha value is -1.40. The molecule has 0 aliphatic carbocycles. The molecular weight excluding hydrogens is 340 g/mol. The zero-order valence-corrected chi connectivity index (χ0v) is 13.6. The summed E-state index contributed by atoms with van der Waals surface area (Å²) in [5, 5.41) is 19.1. The van der Waals surface area contributed by atoms with Gasteiger partial charge in [-0.2, -0.15) is 0 Å². The van der Waals surface area contributed by atoms with E-state index in [1.54, 1.807) is 38.1 Å². The summed E-state index contributed by atoms with van der Waals surface area (Å²) in [4.78, 5) is 24.2. The maximum Gasteiger partial charge on any atom is 0.328 e. The molecule has 6 heteroatoms. The second-order valence-electron chi connectivity index (χ2n) is 4.83. The van der Waals surface area contributed by atoms with Crippen LogP contribution in [0.1, 0.15) is 32.3 Å². The molecule has 0 saturated heterocycles. The van der Waals surface area contributed by atoms with Gasteiger partial charge in [0.25, 0.3) is 0 Å². The SMILES string of the molecule is CCOC(=O)C(CCC(C)O)(C(=O)O)c1cccc(Br)c1. The summed E-state index contributed by atoms with van der Waals surface area (Å²) in [5.74, 6) is -2.09.